The van der Waals surface area contributed by atoms with Crippen LogP contribution < -0.4 is 10.6 Å². The topological polar surface area (TPSA) is 45.7 Å². The summed E-state index contributed by atoms with van der Waals surface area (Å²) >= 11 is 0. The molecule has 0 unspecified atom stereocenters. The molecule has 2 aromatic rings. The number of hydrogen-bond donors (Lipinski definition) is 2. The van der Waals surface area contributed by atoms with Crippen LogP contribution in [0.4, 0.5) is 0 Å². The number of nitrogens with one attached hydrogen (secondary N) is 1. The highest BCUT2D eigenvalue weighted by atomic mass is 16.1. The number of quaternary nitrogens is 1. The van der Waals surface area contributed by atoms with Gasteiger partial charge in [-0.3, -0.25) is 4.79 Å². The van der Waals surface area contributed by atoms with E-state index in [1.165, 1.54) is 16.7 Å². The lowest BCUT2D eigenvalue weighted by Gasteiger charge is -2.16. The molecule has 3 nitrogen and oxygen atoms in total. The standard InChI is InChI=1S/C19H20N2O/c1-3-13-20-18(22)14-21-19(16-7-5-4-6-8-16)17-11-9-15(2)10-12-17/h1,4-12,19,21H,13-14H2,2H3,(H,20,22)/p+1/t19-/m1/s1. The van der Waals surface area contributed by atoms with Crippen molar-refractivity contribution in [3.05, 3.63) is 71.3 Å². The number of amides is 1. The average Bonchev–Trinajstić information content (AvgIpc) is 2.55. The number of benzene rings is 2. The summed E-state index contributed by atoms with van der Waals surface area (Å²) in [6.07, 6.45) is 5.15. The van der Waals surface area contributed by atoms with Gasteiger partial charge in [-0.1, -0.05) is 66.1 Å². The van der Waals surface area contributed by atoms with Gasteiger partial charge in [0.15, 0.2) is 6.54 Å². The van der Waals surface area contributed by atoms with E-state index in [9.17, 15) is 4.79 Å². The molecule has 1 atom stereocenters. The molecule has 0 heterocycles. The molecule has 0 aliphatic rings. The zero-order chi connectivity index (χ0) is 15.8. The fourth-order valence-corrected chi connectivity index (χ4v) is 2.35. The van der Waals surface area contributed by atoms with Crippen LogP contribution >= 0.6 is 0 Å². The summed E-state index contributed by atoms with van der Waals surface area (Å²) in [5.74, 6) is 2.36. The van der Waals surface area contributed by atoms with Gasteiger partial charge in [-0.05, 0) is 6.92 Å². The Labute approximate surface area is 131 Å². The van der Waals surface area contributed by atoms with E-state index in [0.717, 1.165) is 0 Å². The Kier molecular flexibility index (Phi) is 5.76. The maximum Gasteiger partial charge on any atom is 0.275 e. The lowest BCUT2D eigenvalue weighted by Crippen LogP contribution is -2.87. The highest BCUT2D eigenvalue weighted by molar-refractivity contribution is 5.76. The minimum Gasteiger partial charge on any atom is -0.340 e. The van der Waals surface area contributed by atoms with Crippen molar-refractivity contribution in [3.63, 3.8) is 0 Å². The van der Waals surface area contributed by atoms with Gasteiger partial charge in [-0.15, -0.1) is 6.42 Å². The van der Waals surface area contributed by atoms with E-state index in [2.05, 4.69) is 54.6 Å². The largest absolute Gasteiger partial charge is 0.340 e. The molecule has 3 N–H and O–H groups in total. The fraction of sp³-hybridized carbons (Fsp3) is 0.211. The number of terminal acetylenes is 1. The monoisotopic (exact) mass is 293 g/mol. The average molecular weight is 293 g/mol. The van der Waals surface area contributed by atoms with Crippen LogP contribution in [0.1, 0.15) is 22.7 Å². The molecule has 0 saturated heterocycles. The number of carbonyl (C=O) groups is 1. The van der Waals surface area contributed by atoms with E-state index in [0.29, 0.717) is 6.54 Å². The summed E-state index contributed by atoms with van der Waals surface area (Å²) < 4.78 is 0. The van der Waals surface area contributed by atoms with Gasteiger partial charge in [-0.2, -0.15) is 0 Å². The molecule has 0 aromatic heterocycles. The molecule has 2 rings (SSSR count). The van der Waals surface area contributed by atoms with Crippen molar-refractivity contribution in [2.75, 3.05) is 13.1 Å². The Hall–Kier alpha value is -2.57. The van der Waals surface area contributed by atoms with Gasteiger partial charge in [0.05, 0.1) is 6.54 Å². The van der Waals surface area contributed by atoms with Crippen LogP contribution in [-0.2, 0) is 4.79 Å². The SMILES string of the molecule is C#CCNC(=O)C[NH2+][C@H](c1ccccc1)c1ccc(C)cc1. The van der Waals surface area contributed by atoms with Gasteiger partial charge in [0.2, 0.25) is 0 Å². The van der Waals surface area contributed by atoms with Crippen molar-refractivity contribution < 1.29 is 10.1 Å². The zero-order valence-electron chi connectivity index (χ0n) is 12.8. The molecule has 22 heavy (non-hydrogen) atoms. The number of carbonyl (C=O) groups excluding carboxylic acids is 1. The summed E-state index contributed by atoms with van der Waals surface area (Å²) in [5.41, 5.74) is 3.58. The summed E-state index contributed by atoms with van der Waals surface area (Å²) in [7, 11) is 0. The Morgan fingerprint density at radius 3 is 2.41 bits per heavy atom. The Morgan fingerprint density at radius 1 is 1.14 bits per heavy atom. The van der Waals surface area contributed by atoms with Crippen molar-refractivity contribution in [1.82, 2.24) is 5.32 Å². The van der Waals surface area contributed by atoms with Crippen molar-refractivity contribution in [3.8, 4) is 12.3 Å². The van der Waals surface area contributed by atoms with Crippen LogP contribution in [0.15, 0.2) is 54.6 Å². The first kappa shape index (κ1) is 15.8. The van der Waals surface area contributed by atoms with Crippen LogP contribution in [-0.4, -0.2) is 19.0 Å². The first-order chi connectivity index (χ1) is 10.7. The minimum atomic E-state index is -0.0500. The van der Waals surface area contributed by atoms with Crippen LogP contribution in [0.3, 0.4) is 0 Å². The quantitative estimate of drug-likeness (QED) is 0.777. The molecule has 0 saturated carbocycles. The van der Waals surface area contributed by atoms with Crippen LogP contribution in [0.5, 0.6) is 0 Å². The summed E-state index contributed by atoms with van der Waals surface area (Å²) in [6.45, 7) is 2.68. The molecule has 0 fully saturated rings. The Morgan fingerprint density at radius 2 is 1.77 bits per heavy atom. The molecule has 1 amide bonds. The second-order valence-corrected chi connectivity index (χ2v) is 5.22. The summed E-state index contributed by atoms with van der Waals surface area (Å²) in [5, 5.41) is 4.73. The number of nitrogens with two attached hydrogens (primary N) is 1. The maximum absolute atomic E-state index is 11.8. The molecule has 0 spiro atoms. The van der Waals surface area contributed by atoms with Crippen LogP contribution in [0, 0.1) is 19.3 Å². The first-order valence-electron chi connectivity index (χ1n) is 7.35. The Balaban J connectivity index is 2.14. The predicted molar refractivity (Wildman–Crippen MR) is 88.1 cm³/mol. The van der Waals surface area contributed by atoms with E-state index in [1.807, 2.05) is 23.5 Å². The second-order valence-electron chi connectivity index (χ2n) is 5.22. The van der Waals surface area contributed by atoms with Gasteiger partial charge in [0.1, 0.15) is 6.04 Å². The van der Waals surface area contributed by atoms with Gasteiger partial charge in [0.25, 0.3) is 5.91 Å². The van der Waals surface area contributed by atoms with Crippen LogP contribution in [0.25, 0.3) is 0 Å². The van der Waals surface area contributed by atoms with Gasteiger partial charge >= 0.3 is 0 Å². The van der Waals surface area contributed by atoms with E-state index < -0.39 is 0 Å². The number of hydrogen-bond acceptors (Lipinski definition) is 1. The molecule has 0 radical (unpaired) electrons. The molecule has 112 valence electrons. The molecule has 0 aliphatic heterocycles. The lowest BCUT2D eigenvalue weighted by molar-refractivity contribution is -0.676. The first-order valence-corrected chi connectivity index (χ1v) is 7.35. The molecular weight excluding hydrogens is 272 g/mol. The number of rotatable bonds is 6. The Bertz CT molecular complexity index is 641. The van der Waals surface area contributed by atoms with Crippen molar-refractivity contribution in [2.45, 2.75) is 13.0 Å². The second kappa shape index (κ2) is 8.02. The predicted octanol–water partition coefficient (Wildman–Crippen LogP) is 1.40. The number of aryl methyl sites for hydroxylation is 1. The summed E-state index contributed by atoms with van der Waals surface area (Å²) in [6, 6.07) is 18.7. The van der Waals surface area contributed by atoms with Crippen molar-refractivity contribution in [1.29, 1.82) is 0 Å². The molecule has 0 aliphatic carbocycles. The van der Waals surface area contributed by atoms with E-state index in [4.69, 9.17) is 6.42 Å². The minimum absolute atomic E-state index is 0.0500. The molecule has 3 heteroatoms. The normalized spacial score (nSPS) is 11.5. The van der Waals surface area contributed by atoms with Crippen molar-refractivity contribution in [2.24, 2.45) is 0 Å². The summed E-state index contributed by atoms with van der Waals surface area (Å²) in [4.78, 5) is 11.8. The maximum atomic E-state index is 11.8. The highest BCUT2D eigenvalue weighted by Crippen LogP contribution is 2.18. The molecule has 2 aromatic carbocycles. The van der Waals surface area contributed by atoms with Crippen LogP contribution in [0.2, 0.25) is 0 Å². The van der Waals surface area contributed by atoms with Gasteiger partial charge in [-0.25, -0.2) is 0 Å². The third-order valence-corrected chi connectivity index (χ3v) is 3.52. The fourth-order valence-electron chi connectivity index (χ4n) is 2.35. The smallest absolute Gasteiger partial charge is 0.275 e. The van der Waals surface area contributed by atoms with E-state index in [1.54, 1.807) is 0 Å². The van der Waals surface area contributed by atoms with Crippen molar-refractivity contribution >= 4 is 5.91 Å². The zero-order valence-corrected chi connectivity index (χ0v) is 12.8. The van der Waals surface area contributed by atoms with E-state index >= 15 is 0 Å². The van der Waals surface area contributed by atoms with Gasteiger partial charge < -0.3 is 10.6 Å². The highest BCUT2D eigenvalue weighted by Gasteiger charge is 2.18. The third-order valence-electron chi connectivity index (χ3n) is 3.52. The van der Waals surface area contributed by atoms with Gasteiger partial charge in [0, 0.05) is 11.1 Å². The molecular formula is C19H21N2O+. The third kappa shape index (κ3) is 4.47. The lowest BCUT2D eigenvalue weighted by atomic mass is 9.98. The van der Waals surface area contributed by atoms with E-state index in [-0.39, 0.29) is 18.5 Å². The molecule has 0 bridgehead atoms.